The second kappa shape index (κ2) is 1080. The van der Waals surface area contributed by atoms with Gasteiger partial charge in [-0.05, 0) is 0 Å². The molecule has 242 radical (unpaired) electrons. The second-order valence-electron chi connectivity index (χ2n) is 0. The van der Waals surface area contributed by atoms with Crippen molar-refractivity contribution >= 4 is 1550 Å². The molecule has 0 heterocycles. The predicted octanol–water partition coefficient (Wildman–Crippen LogP) is -23.0. The maximum absolute atomic E-state index is 0. The van der Waals surface area contributed by atoms with Crippen LogP contribution in [0.1, 0.15) is 0 Å². The molecule has 0 aromatic carbocycles. The topological polar surface area (TPSA) is 0 Å². The Morgan fingerprint density at radius 3 is 0.0164 bits per heavy atom. The summed E-state index contributed by atoms with van der Waals surface area (Å²) in [6.07, 6.45) is 0. The Bertz CT molecular complexity index is 122. The zero-order valence-electron chi connectivity index (χ0n) is 53.3. The summed E-state index contributed by atoms with van der Waals surface area (Å²) < 4.78 is 0. The molecule has 122 heavy (non-hydrogen) atoms. The van der Waals surface area contributed by atoms with Crippen LogP contribution < -0.4 is 0 Å². The van der Waals surface area contributed by atoms with E-state index in [1.807, 2.05) is 0 Å². The molecule has 0 aromatic rings. The fourth-order valence-corrected chi connectivity index (χ4v) is 0. The minimum atomic E-state index is 0. The van der Waals surface area contributed by atoms with Crippen LogP contribution in [0.4, 0.5) is 0 Å². The summed E-state index contributed by atoms with van der Waals surface area (Å²) in [6.45, 7) is 0. The molecule has 0 aromatic heterocycles. The Kier molecular flexibility index (Phi) is 9750. The van der Waals surface area contributed by atoms with Gasteiger partial charge in [-0.3, -0.25) is 0 Å². The monoisotopic (exact) mass is 19100 g/mol. The summed E-state index contributed by atoms with van der Waals surface area (Å²) in [6, 6.07) is 0. The molecule has 0 aliphatic rings. The molecule has 122 heteroatoms. The Morgan fingerprint density at radius 2 is 0.0164 bits per heavy atom. The van der Waals surface area contributed by atoms with E-state index in [4.69, 9.17) is 0 Å². The van der Waals surface area contributed by atoms with Crippen molar-refractivity contribution in [2.75, 3.05) is 0 Å². The molecule has 862 valence electrons. The molecule has 0 saturated heterocycles. The third-order valence-electron chi connectivity index (χ3n) is 0. The quantitative estimate of drug-likeness (QED) is 0.212. The van der Waals surface area contributed by atoms with Crippen molar-refractivity contribution in [2.24, 2.45) is 0 Å². The van der Waals surface area contributed by atoms with E-state index in [9.17, 15) is 0 Å². The van der Waals surface area contributed by atoms with Gasteiger partial charge in [-0.1, -0.05) is 0 Å². The molecule has 0 saturated carbocycles. The zero-order valence-corrected chi connectivity index (χ0v) is 385. The van der Waals surface area contributed by atoms with Crippen LogP contribution >= 0.6 is 0 Å². The minimum Gasteiger partial charge on any atom is 0 e. The summed E-state index contributed by atoms with van der Waals surface area (Å²) in [5.41, 5.74) is 0. The normalized spacial score (nSPS) is 0. The molecule has 0 bridgehead atoms. The average Bonchev–Trinajstić information content (AvgIpc) is 0. The molecule has 0 nitrogen and oxygen atoms in total. The van der Waals surface area contributed by atoms with Crippen LogP contribution in [0, 0.1) is 0 Å². The maximum Gasteiger partial charge on any atom is 0 e. The van der Waals surface area contributed by atoms with E-state index >= 15 is 0 Å². The molecule has 0 unspecified atom stereocenters. The molecule has 0 amide bonds. The third kappa shape index (κ3) is 1070. The van der Waals surface area contributed by atoms with Gasteiger partial charge in [0, 0.05) is 2940 Å². The van der Waals surface area contributed by atoms with E-state index in [1.165, 1.54) is 0 Å². The summed E-state index contributed by atoms with van der Waals surface area (Å²) in [5.74, 6) is 0. The molecule has 0 aliphatic heterocycles. The van der Waals surface area contributed by atoms with E-state index in [2.05, 4.69) is 0 Å². The van der Waals surface area contributed by atoms with Gasteiger partial charge in [0.15, 0.2) is 0 Å². The smallest absolute Gasteiger partial charge is 0 e. The molecule has 0 atom stereocenters. The standard InChI is InChI=1S/62Au.60In. The van der Waals surface area contributed by atoms with Crippen molar-refractivity contribution in [1.82, 2.24) is 0 Å². The number of rotatable bonds is 0. The van der Waals surface area contributed by atoms with Gasteiger partial charge < -0.3 is 0 Å². The van der Waals surface area contributed by atoms with Crippen LogP contribution in [0.2, 0.25) is 0 Å². The number of hydrogen-bond donors (Lipinski definition) is 0. The Labute approximate surface area is 2840 Å². The molecule has 0 rings (SSSR count). The first kappa shape index (κ1) is 1100. The van der Waals surface area contributed by atoms with Crippen molar-refractivity contribution in [3.63, 3.8) is 0 Å². The van der Waals surface area contributed by atoms with E-state index in [0.29, 0.717) is 0 Å². The van der Waals surface area contributed by atoms with Gasteiger partial charge >= 0.3 is 0 Å². The van der Waals surface area contributed by atoms with Gasteiger partial charge in [-0.25, -0.2) is 0 Å². The van der Waals surface area contributed by atoms with Crippen molar-refractivity contribution in [3.05, 3.63) is 0 Å². The van der Waals surface area contributed by atoms with Gasteiger partial charge in [0.1, 0.15) is 0 Å². The van der Waals surface area contributed by atoms with Crippen LogP contribution in [0.5, 0.6) is 0 Å². The Hall–Kier alpha value is 98.1. The van der Waals surface area contributed by atoms with Gasteiger partial charge in [0.25, 0.3) is 0 Å². The van der Waals surface area contributed by atoms with Crippen LogP contribution in [0.25, 0.3) is 0 Å². The Balaban J connectivity index is 0. The fraction of sp³-hybridized carbons (Fsp3) is 0. The molecule has 0 N–H and O–H groups in total. The second-order valence-corrected chi connectivity index (χ2v) is 0. The molecular weight excluding hydrogens is 19100 g/mol. The molecule has 0 aliphatic carbocycles. The average molecular weight is 19100 g/mol. The summed E-state index contributed by atoms with van der Waals surface area (Å²) in [7, 11) is 0. The van der Waals surface area contributed by atoms with Crippen LogP contribution in [0.3, 0.4) is 0 Å². The van der Waals surface area contributed by atoms with Crippen molar-refractivity contribution in [1.29, 1.82) is 0 Å². The van der Waals surface area contributed by atoms with Crippen molar-refractivity contribution in [3.8, 4) is 0 Å². The molecular formula is Au62In60. The van der Waals surface area contributed by atoms with Crippen molar-refractivity contribution in [2.45, 2.75) is 0 Å². The third-order valence-corrected chi connectivity index (χ3v) is 0. The van der Waals surface area contributed by atoms with E-state index in [-0.39, 0.29) is 2940 Å². The first-order valence-electron chi connectivity index (χ1n) is 0. The summed E-state index contributed by atoms with van der Waals surface area (Å²) in [5, 5.41) is 0. The van der Waals surface area contributed by atoms with E-state index in [0.717, 1.165) is 0 Å². The van der Waals surface area contributed by atoms with Gasteiger partial charge in [0.05, 0.1) is 0 Å². The largest absolute Gasteiger partial charge is 0 e. The number of hydrogen-bond acceptors (Lipinski definition) is 0. The van der Waals surface area contributed by atoms with Crippen LogP contribution in [-0.4, -0.2) is 1550 Å². The summed E-state index contributed by atoms with van der Waals surface area (Å²) in [4.78, 5) is 0. The first-order valence-corrected chi connectivity index (χ1v) is 0. The van der Waals surface area contributed by atoms with E-state index < -0.39 is 0 Å². The predicted molar refractivity (Wildman–Crippen MR) is 345 cm³/mol. The minimum absolute atomic E-state index is 0. The summed E-state index contributed by atoms with van der Waals surface area (Å²) >= 11 is 0. The van der Waals surface area contributed by atoms with Crippen LogP contribution in [-0.2, 0) is 1390 Å². The van der Waals surface area contributed by atoms with Gasteiger partial charge in [0.2, 0.25) is 0 Å². The SMILES string of the molecule is [Au].[Au].[Au].[Au].[Au].[Au].[Au].[Au].[Au].[Au].[Au].[Au].[Au].[Au].[Au].[Au].[Au].[Au].[Au].[Au].[Au].[Au].[Au].[Au].[Au].[Au].[Au].[Au].[Au].[Au].[Au].[Au].[Au].[Au].[Au].[Au].[Au].[Au].[Au].[Au].[Au].[Au].[Au].[Au].[Au].[Au].[Au].[Au].[Au].[Au].[Au].[Au].[Au].[Au].[Au].[Au].[Au].[Au].[Au].[Au].[Au].[Au].[In].[In].[In].[In].[In].[In].[In].[In].[In].[In].[In].[In].[In].[In].[In].[In].[In].[In].[In].[In].[In].[In].[In].[In].[In].[In].[In].[In].[In].[In].[In].[In].[In].[In].[In].[In].[In].[In].[In].[In].[In].[In].[In].[In].[In].[In].[In].[In].[In].[In].[In].[In].[In].[In].[In].[In].[In].[In].[In].[In]. The molecule has 0 fully saturated rings. The van der Waals surface area contributed by atoms with Crippen LogP contribution in [0.15, 0.2) is 0 Å². The van der Waals surface area contributed by atoms with Gasteiger partial charge in [-0.15, -0.1) is 0 Å². The zero-order chi connectivity index (χ0) is 0. The van der Waals surface area contributed by atoms with E-state index in [1.54, 1.807) is 0 Å². The fourth-order valence-electron chi connectivity index (χ4n) is 0. The van der Waals surface area contributed by atoms with Crippen molar-refractivity contribution < 1.29 is 1390 Å². The maximum atomic E-state index is 0. The first-order chi connectivity index (χ1) is 0. The van der Waals surface area contributed by atoms with Gasteiger partial charge in [-0.2, -0.15) is 0 Å². The molecule has 0 spiro atoms. The Morgan fingerprint density at radius 1 is 0.0164 bits per heavy atom.